The summed E-state index contributed by atoms with van der Waals surface area (Å²) in [5.74, 6) is 0. The molecular weight excluding hydrogens is 412 g/mol. The average Bonchev–Trinajstić information content (AvgIpc) is 3.08. The largest absolute Gasteiger partial charge is 0.395 e. The lowest BCUT2D eigenvalue weighted by Crippen LogP contribution is -2.40. The SMILES string of the molecule is Cc1ccc(S(=O)(=O)N(CCO)CC(O)Cn2c3ccccc3c3ccccc32)cc1. The van der Waals surface area contributed by atoms with Gasteiger partial charge in [0.2, 0.25) is 10.0 Å². The molecule has 1 unspecified atom stereocenters. The van der Waals surface area contributed by atoms with Gasteiger partial charge in [0.25, 0.3) is 0 Å². The number of aryl methyl sites for hydroxylation is 1. The molecule has 1 heterocycles. The number of aliphatic hydroxyl groups excluding tert-OH is 2. The maximum Gasteiger partial charge on any atom is 0.243 e. The Morgan fingerprint density at radius 3 is 2.00 bits per heavy atom. The van der Waals surface area contributed by atoms with Crippen molar-refractivity contribution in [2.75, 3.05) is 19.7 Å². The Bertz CT molecular complexity index is 1240. The van der Waals surface area contributed by atoms with Gasteiger partial charge in [-0.1, -0.05) is 54.1 Å². The number of nitrogens with zero attached hydrogens (tertiary/aromatic N) is 2. The van der Waals surface area contributed by atoms with Crippen LogP contribution in [-0.2, 0) is 16.6 Å². The molecule has 1 aromatic heterocycles. The molecule has 3 aromatic carbocycles. The van der Waals surface area contributed by atoms with Crippen molar-refractivity contribution in [3.63, 3.8) is 0 Å². The summed E-state index contributed by atoms with van der Waals surface area (Å²) in [4.78, 5) is 0.149. The van der Waals surface area contributed by atoms with Crippen molar-refractivity contribution in [2.24, 2.45) is 0 Å². The number of fused-ring (bicyclic) bond motifs is 3. The number of hydrogen-bond acceptors (Lipinski definition) is 4. The van der Waals surface area contributed by atoms with Gasteiger partial charge in [-0.25, -0.2) is 8.42 Å². The minimum Gasteiger partial charge on any atom is -0.395 e. The fraction of sp³-hybridized carbons (Fsp3) is 0.250. The molecule has 0 fully saturated rings. The van der Waals surface area contributed by atoms with E-state index in [1.807, 2.05) is 60.0 Å². The van der Waals surface area contributed by atoms with E-state index in [9.17, 15) is 18.6 Å². The maximum absolute atomic E-state index is 13.1. The van der Waals surface area contributed by atoms with Gasteiger partial charge in [0.15, 0.2) is 0 Å². The summed E-state index contributed by atoms with van der Waals surface area (Å²) in [6, 6.07) is 22.5. The first kappa shape index (κ1) is 21.5. The second-order valence-electron chi connectivity index (χ2n) is 7.70. The molecule has 0 aliphatic rings. The summed E-state index contributed by atoms with van der Waals surface area (Å²) in [6.45, 7) is 1.60. The van der Waals surface area contributed by atoms with Crippen LogP contribution in [0.25, 0.3) is 21.8 Å². The minimum atomic E-state index is -3.83. The molecule has 4 aromatic rings. The van der Waals surface area contributed by atoms with E-state index >= 15 is 0 Å². The van der Waals surface area contributed by atoms with Crippen molar-refractivity contribution in [1.29, 1.82) is 0 Å². The van der Waals surface area contributed by atoms with E-state index < -0.39 is 16.1 Å². The Balaban J connectivity index is 1.63. The molecule has 0 spiro atoms. The highest BCUT2D eigenvalue weighted by Gasteiger charge is 2.27. The number of aliphatic hydroxyl groups is 2. The van der Waals surface area contributed by atoms with E-state index in [1.165, 1.54) is 0 Å². The van der Waals surface area contributed by atoms with Crippen LogP contribution in [0.15, 0.2) is 77.7 Å². The third-order valence-corrected chi connectivity index (χ3v) is 7.38. The lowest BCUT2D eigenvalue weighted by Gasteiger charge is -2.25. The summed E-state index contributed by atoms with van der Waals surface area (Å²) < 4.78 is 29.4. The fourth-order valence-electron chi connectivity index (χ4n) is 3.98. The topological polar surface area (TPSA) is 82.8 Å². The van der Waals surface area contributed by atoms with Crippen LogP contribution < -0.4 is 0 Å². The standard InChI is InChI=1S/C24H26N2O4S/c1-18-10-12-20(13-11-18)31(29,30)25(14-15-27)16-19(28)17-26-23-8-4-2-6-21(23)22-7-3-5-9-24(22)26/h2-13,19,27-28H,14-17H2,1H3. The minimum absolute atomic E-state index is 0.0829. The fourth-order valence-corrected chi connectivity index (χ4v) is 5.45. The monoisotopic (exact) mass is 438 g/mol. The lowest BCUT2D eigenvalue weighted by atomic mass is 10.2. The highest BCUT2D eigenvalue weighted by Crippen LogP contribution is 2.29. The second-order valence-corrected chi connectivity index (χ2v) is 9.64. The molecule has 0 bridgehead atoms. The average molecular weight is 439 g/mol. The van der Waals surface area contributed by atoms with Crippen molar-refractivity contribution >= 4 is 31.8 Å². The Labute approximate surface area is 182 Å². The summed E-state index contributed by atoms with van der Waals surface area (Å²) in [6.07, 6.45) is -0.953. The number of rotatable bonds is 8. The highest BCUT2D eigenvalue weighted by molar-refractivity contribution is 7.89. The van der Waals surface area contributed by atoms with Gasteiger partial charge in [-0.05, 0) is 31.2 Å². The third kappa shape index (κ3) is 4.22. The van der Waals surface area contributed by atoms with Crippen molar-refractivity contribution in [1.82, 2.24) is 8.87 Å². The molecule has 0 radical (unpaired) electrons. The number of sulfonamides is 1. The van der Waals surface area contributed by atoms with Gasteiger partial charge in [0, 0.05) is 34.9 Å². The van der Waals surface area contributed by atoms with Gasteiger partial charge < -0.3 is 14.8 Å². The molecule has 6 nitrogen and oxygen atoms in total. The zero-order chi connectivity index (χ0) is 22.0. The van der Waals surface area contributed by atoms with E-state index in [2.05, 4.69) is 0 Å². The Morgan fingerprint density at radius 1 is 0.903 bits per heavy atom. The third-order valence-electron chi connectivity index (χ3n) is 5.50. The predicted molar refractivity (Wildman–Crippen MR) is 122 cm³/mol. The van der Waals surface area contributed by atoms with E-state index in [1.54, 1.807) is 24.3 Å². The zero-order valence-corrected chi connectivity index (χ0v) is 18.2. The van der Waals surface area contributed by atoms with Crippen LogP contribution in [0, 0.1) is 6.92 Å². The number of para-hydroxylation sites is 2. The molecule has 31 heavy (non-hydrogen) atoms. The molecule has 7 heteroatoms. The number of hydrogen-bond donors (Lipinski definition) is 2. The first-order valence-electron chi connectivity index (χ1n) is 10.2. The summed E-state index contributed by atoms with van der Waals surface area (Å²) >= 11 is 0. The molecule has 2 N–H and O–H groups in total. The van der Waals surface area contributed by atoms with E-state index in [-0.39, 0.29) is 31.1 Å². The smallest absolute Gasteiger partial charge is 0.243 e. The summed E-state index contributed by atoms with van der Waals surface area (Å²) in [7, 11) is -3.83. The maximum atomic E-state index is 13.1. The predicted octanol–water partition coefficient (Wildman–Crippen LogP) is 3.15. The van der Waals surface area contributed by atoms with Crippen molar-refractivity contribution in [3.8, 4) is 0 Å². The summed E-state index contributed by atoms with van der Waals surface area (Å²) in [5.41, 5.74) is 2.93. The zero-order valence-electron chi connectivity index (χ0n) is 17.3. The normalized spacial score (nSPS) is 13.3. The molecule has 162 valence electrons. The second kappa shape index (κ2) is 8.80. The van der Waals surface area contributed by atoms with Crippen LogP contribution in [0.1, 0.15) is 5.56 Å². The quantitative estimate of drug-likeness (QED) is 0.443. The van der Waals surface area contributed by atoms with Gasteiger partial charge in [0.1, 0.15) is 0 Å². The van der Waals surface area contributed by atoms with Crippen LogP contribution in [0.2, 0.25) is 0 Å². The Hall–Kier alpha value is -2.71. The molecule has 0 saturated carbocycles. The van der Waals surface area contributed by atoms with Crippen molar-refractivity contribution < 1.29 is 18.6 Å². The molecule has 0 aliphatic heterocycles. The van der Waals surface area contributed by atoms with Crippen molar-refractivity contribution in [2.45, 2.75) is 24.5 Å². The van der Waals surface area contributed by atoms with Gasteiger partial charge in [-0.15, -0.1) is 0 Å². The summed E-state index contributed by atoms with van der Waals surface area (Å²) in [5, 5.41) is 22.5. The number of aromatic nitrogens is 1. The van der Waals surface area contributed by atoms with Crippen LogP contribution in [0.4, 0.5) is 0 Å². The molecular formula is C24H26N2O4S. The van der Waals surface area contributed by atoms with Crippen molar-refractivity contribution in [3.05, 3.63) is 78.4 Å². The Morgan fingerprint density at radius 2 is 1.45 bits per heavy atom. The highest BCUT2D eigenvalue weighted by atomic mass is 32.2. The first-order valence-corrected chi connectivity index (χ1v) is 11.7. The van der Waals surface area contributed by atoms with Gasteiger partial charge in [-0.2, -0.15) is 4.31 Å². The van der Waals surface area contributed by atoms with Crippen LogP contribution in [-0.4, -0.2) is 53.3 Å². The van der Waals surface area contributed by atoms with Crippen LogP contribution in [0.5, 0.6) is 0 Å². The van der Waals surface area contributed by atoms with Crippen LogP contribution in [0.3, 0.4) is 0 Å². The molecule has 0 amide bonds. The van der Waals surface area contributed by atoms with E-state index in [0.29, 0.717) is 0 Å². The Kier molecular flexibility index (Phi) is 6.11. The van der Waals surface area contributed by atoms with E-state index in [0.717, 1.165) is 31.7 Å². The molecule has 0 aliphatic carbocycles. The molecule has 0 saturated heterocycles. The number of benzene rings is 3. The molecule has 1 atom stereocenters. The lowest BCUT2D eigenvalue weighted by molar-refractivity contribution is 0.123. The van der Waals surface area contributed by atoms with Gasteiger partial charge in [-0.3, -0.25) is 0 Å². The van der Waals surface area contributed by atoms with Gasteiger partial charge in [0.05, 0.1) is 24.2 Å². The first-order chi connectivity index (χ1) is 14.9. The van der Waals surface area contributed by atoms with Gasteiger partial charge >= 0.3 is 0 Å². The molecule has 4 rings (SSSR count). The van der Waals surface area contributed by atoms with E-state index in [4.69, 9.17) is 0 Å². The van der Waals surface area contributed by atoms with Crippen LogP contribution >= 0.6 is 0 Å².